The van der Waals surface area contributed by atoms with Crippen LogP contribution in [-0.2, 0) is 0 Å². The largest absolute Gasteiger partial charge is 0.488 e. The second-order valence-corrected chi connectivity index (χ2v) is 2.58. The SMILES string of the molecule is Cl.N[C@@H]1COc2c(F)cccc21. The molecule has 0 aliphatic carbocycles. The molecule has 12 heavy (non-hydrogen) atoms. The van der Waals surface area contributed by atoms with Crippen LogP contribution in [0.25, 0.3) is 0 Å². The zero-order valence-corrected chi connectivity index (χ0v) is 7.10. The summed E-state index contributed by atoms with van der Waals surface area (Å²) in [4.78, 5) is 0. The molecule has 4 heteroatoms. The molecule has 1 aromatic carbocycles. The molecular formula is C8H9ClFNO. The van der Waals surface area contributed by atoms with Crippen molar-refractivity contribution >= 4 is 12.4 Å². The number of para-hydroxylation sites is 1. The summed E-state index contributed by atoms with van der Waals surface area (Å²) in [5.41, 5.74) is 6.39. The maximum atomic E-state index is 12.9. The predicted molar refractivity (Wildman–Crippen MR) is 46.1 cm³/mol. The summed E-state index contributed by atoms with van der Waals surface area (Å²) in [7, 11) is 0. The van der Waals surface area contributed by atoms with Crippen LogP contribution in [0.1, 0.15) is 11.6 Å². The van der Waals surface area contributed by atoms with Gasteiger partial charge in [0, 0.05) is 5.56 Å². The zero-order valence-electron chi connectivity index (χ0n) is 6.29. The molecule has 0 saturated heterocycles. The van der Waals surface area contributed by atoms with E-state index in [-0.39, 0.29) is 24.3 Å². The Morgan fingerprint density at radius 1 is 1.50 bits per heavy atom. The average molecular weight is 190 g/mol. The van der Waals surface area contributed by atoms with E-state index in [1.165, 1.54) is 6.07 Å². The van der Waals surface area contributed by atoms with Crippen molar-refractivity contribution in [2.75, 3.05) is 6.61 Å². The molecule has 2 rings (SSSR count). The summed E-state index contributed by atoms with van der Waals surface area (Å²) < 4.78 is 17.9. The van der Waals surface area contributed by atoms with Gasteiger partial charge in [-0.2, -0.15) is 0 Å². The topological polar surface area (TPSA) is 35.2 Å². The lowest BCUT2D eigenvalue weighted by molar-refractivity contribution is 0.319. The Balaban J connectivity index is 0.000000720. The molecule has 1 aliphatic rings. The van der Waals surface area contributed by atoms with E-state index < -0.39 is 0 Å². The van der Waals surface area contributed by atoms with E-state index in [2.05, 4.69) is 0 Å². The van der Waals surface area contributed by atoms with Crippen molar-refractivity contribution in [3.05, 3.63) is 29.6 Å². The van der Waals surface area contributed by atoms with Gasteiger partial charge in [0.2, 0.25) is 0 Å². The third-order valence-corrected chi connectivity index (χ3v) is 1.80. The second-order valence-electron chi connectivity index (χ2n) is 2.58. The van der Waals surface area contributed by atoms with Crippen LogP contribution in [0.2, 0.25) is 0 Å². The van der Waals surface area contributed by atoms with Crippen LogP contribution in [0.4, 0.5) is 4.39 Å². The second kappa shape index (κ2) is 3.29. The highest BCUT2D eigenvalue weighted by atomic mass is 35.5. The van der Waals surface area contributed by atoms with E-state index in [1.807, 2.05) is 0 Å². The van der Waals surface area contributed by atoms with Crippen LogP contribution in [-0.4, -0.2) is 6.61 Å². The van der Waals surface area contributed by atoms with Crippen LogP contribution in [0, 0.1) is 5.82 Å². The highest BCUT2D eigenvalue weighted by Crippen LogP contribution is 2.32. The molecule has 2 N–H and O–H groups in total. The maximum absolute atomic E-state index is 12.9. The van der Waals surface area contributed by atoms with Gasteiger partial charge in [-0.25, -0.2) is 4.39 Å². The van der Waals surface area contributed by atoms with Crippen molar-refractivity contribution in [2.45, 2.75) is 6.04 Å². The van der Waals surface area contributed by atoms with Crippen molar-refractivity contribution in [2.24, 2.45) is 5.73 Å². The standard InChI is InChI=1S/C8H8FNO.ClH/c9-6-3-1-2-5-7(10)4-11-8(5)6;/h1-3,7H,4,10H2;1H/t7-;/m1./s1. The lowest BCUT2D eigenvalue weighted by Gasteiger charge is -1.99. The summed E-state index contributed by atoms with van der Waals surface area (Å²) in [6.45, 7) is 0.385. The zero-order chi connectivity index (χ0) is 7.84. The van der Waals surface area contributed by atoms with Gasteiger partial charge < -0.3 is 10.5 Å². The Labute approximate surface area is 75.9 Å². The lowest BCUT2D eigenvalue weighted by Crippen LogP contribution is -2.10. The molecule has 2 nitrogen and oxygen atoms in total. The first kappa shape index (κ1) is 9.29. The fraction of sp³-hybridized carbons (Fsp3) is 0.250. The maximum Gasteiger partial charge on any atom is 0.165 e. The van der Waals surface area contributed by atoms with Crippen LogP contribution in [0.15, 0.2) is 18.2 Å². The first-order valence-corrected chi connectivity index (χ1v) is 3.46. The van der Waals surface area contributed by atoms with Crippen molar-refractivity contribution < 1.29 is 9.13 Å². The van der Waals surface area contributed by atoms with Gasteiger partial charge in [-0.3, -0.25) is 0 Å². The van der Waals surface area contributed by atoms with Crippen LogP contribution in [0.3, 0.4) is 0 Å². The summed E-state index contributed by atoms with van der Waals surface area (Å²) in [6.07, 6.45) is 0. The molecule has 66 valence electrons. The number of hydrogen-bond acceptors (Lipinski definition) is 2. The van der Waals surface area contributed by atoms with Crippen LogP contribution < -0.4 is 10.5 Å². The van der Waals surface area contributed by atoms with E-state index in [1.54, 1.807) is 12.1 Å². The van der Waals surface area contributed by atoms with Gasteiger partial charge in [0.15, 0.2) is 11.6 Å². The van der Waals surface area contributed by atoms with Gasteiger partial charge in [0.1, 0.15) is 6.61 Å². The van der Waals surface area contributed by atoms with Gasteiger partial charge in [0.25, 0.3) is 0 Å². The monoisotopic (exact) mass is 189 g/mol. The number of halogens is 2. The van der Waals surface area contributed by atoms with Crippen molar-refractivity contribution in [3.8, 4) is 5.75 Å². The number of benzene rings is 1. The quantitative estimate of drug-likeness (QED) is 0.674. The molecule has 0 radical (unpaired) electrons. The minimum Gasteiger partial charge on any atom is -0.488 e. The van der Waals surface area contributed by atoms with E-state index in [9.17, 15) is 4.39 Å². The van der Waals surface area contributed by atoms with Gasteiger partial charge >= 0.3 is 0 Å². The molecule has 1 heterocycles. The Bertz CT molecular complexity index is 292. The number of rotatable bonds is 0. The number of fused-ring (bicyclic) bond motifs is 1. The Hall–Kier alpha value is -0.800. The van der Waals surface area contributed by atoms with Gasteiger partial charge in [-0.05, 0) is 6.07 Å². The Morgan fingerprint density at radius 3 is 2.92 bits per heavy atom. The molecule has 1 aliphatic heterocycles. The first-order chi connectivity index (χ1) is 5.29. The molecule has 0 aromatic heterocycles. The smallest absolute Gasteiger partial charge is 0.165 e. The number of nitrogens with two attached hydrogens (primary N) is 1. The van der Waals surface area contributed by atoms with Gasteiger partial charge in [0.05, 0.1) is 6.04 Å². The minimum atomic E-state index is -0.324. The Morgan fingerprint density at radius 2 is 2.25 bits per heavy atom. The minimum absolute atomic E-state index is 0. The number of hydrogen-bond donors (Lipinski definition) is 1. The summed E-state index contributed by atoms with van der Waals surface area (Å²) >= 11 is 0. The third-order valence-electron chi connectivity index (χ3n) is 1.80. The first-order valence-electron chi connectivity index (χ1n) is 3.46. The summed E-state index contributed by atoms with van der Waals surface area (Å²) in [5.74, 6) is -0.00421. The lowest BCUT2D eigenvalue weighted by atomic mass is 10.1. The average Bonchev–Trinajstić information content (AvgIpc) is 2.35. The molecule has 0 spiro atoms. The molecule has 1 atom stereocenters. The number of ether oxygens (including phenoxy) is 1. The molecule has 1 aromatic rings. The van der Waals surface area contributed by atoms with Crippen molar-refractivity contribution in [3.63, 3.8) is 0 Å². The molecule has 0 saturated carbocycles. The molecule has 0 fully saturated rings. The van der Waals surface area contributed by atoms with Crippen molar-refractivity contribution in [1.82, 2.24) is 0 Å². The van der Waals surface area contributed by atoms with Gasteiger partial charge in [-0.1, -0.05) is 12.1 Å². The van der Waals surface area contributed by atoms with E-state index in [4.69, 9.17) is 10.5 Å². The van der Waals surface area contributed by atoms with E-state index >= 15 is 0 Å². The van der Waals surface area contributed by atoms with Gasteiger partial charge in [-0.15, -0.1) is 12.4 Å². The van der Waals surface area contributed by atoms with Crippen LogP contribution >= 0.6 is 12.4 Å². The Kier molecular flexibility index (Phi) is 2.55. The fourth-order valence-corrected chi connectivity index (χ4v) is 1.23. The predicted octanol–water partition coefficient (Wildman–Crippen LogP) is 1.64. The van der Waals surface area contributed by atoms with E-state index in [0.29, 0.717) is 12.4 Å². The molecule has 0 unspecified atom stereocenters. The highest BCUT2D eigenvalue weighted by Gasteiger charge is 2.22. The van der Waals surface area contributed by atoms with E-state index in [0.717, 1.165) is 5.56 Å². The van der Waals surface area contributed by atoms with Crippen LogP contribution in [0.5, 0.6) is 5.75 Å². The fourth-order valence-electron chi connectivity index (χ4n) is 1.23. The highest BCUT2D eigenvalue weighted by molar-refractivity contribution is 5.85. The normalized spacial score (nSPS) is 19.3. The molecular weight excluding hydrogens is 181 g/mol. The molecule has 0 bridgehead atoms. The third kappa shape index (κ3) is 1.26. The summed E-state index contributed by atoms with van der Waals surface area (Å²) in [5, 5.41) is 0. The van der Waals surface area contributed by atoms with Crippen molar-refractivity contribution in [1.29, 1.82) is 0 Å². The summed E-state index contributed by atoms with van der Waals surface area (Å²) in [6, 6.07) is 4.64. The molecule has 0 amide bonds.